The van der Waals surface area contributed by atoms with Gasteiger partial charge in [0.2, 0.25) is 0 Å². The van der Waals surface area contributed by atoms with Crippen molar-refractivity contribution in [2.45, 2.75) is 109 Å². The van der Waals surface area contributed by atoms with Crippen LogP contribution in [-0.4, -0.2) is 171 Å². The summed E-state index contributed by atoms with van der Waals surface area (Å²) in [6, 6.07) is 87.6. The normalized spacial score (nSPS) is 14.5. The monoisotopic (exact) mass is 1990 g/mol. The van der Waals surface area contributed by atoms with E-state index in [2.05, 4.69) is 206 Å². The molecule has 5 fully saturated rings. The minimum Gasteiger partial charge on any atom is -0.497 e. The molecule has 0 bridgehead atoms. The number of hydrogen-bond acceptors (Lipinski definition) is 20. The first-order chi connectivity index (χ1) is 68.9. The molecule has 0 spiro atoms. The van der Waals surface area contributed by atoms with Gasteiger partial charge in [0.1, 0.15) is 28.8 Å². The van der Waals surface area contributed by atoms with Crippen LogP contribution in [0.15, 0.2) is 255 Å². The molecule has 0 aromatic heterocycles. The minimum absolute atomic E-state index is 0.175. The summed E-state index contributed by atoms with van der Waals surface area (Å²) in [5, 5.41) is 12.1. The number of ether oxygens (including phenoxy) is 15. The van der Waals surface area contributed by atoms with Gasteiger partial charge in [0.25, 0.3) is 0 Å². The molecule has 5 heterocycles. The summed E-state index contributed by atoms with van der Waals surface area (Å²) in [4.78, 5) is 12.4. The molecule has 0 aliphatic carbocycles. The molecule has 5 aliphatic heterocycles. The number of halogens is 1. The molecule has 12 aromatic carbocycles. The van der Waals surface area contributed by atoms with Crippen LogP contribution in [0, 0.1) is 5.82 Å². The molecular weight excluding hydrogens is 1850 g/mol. The molecule has 12 aromatic rings. The van der Waals surface area contributed by atoms with Crippen molar-refractivity contribution in [3.8, 4) is 57.5 Å². The highest BCUT2D eigenvalue weighted by atomic mass is 31.1. The Balaban J connectivity index is 0.000000149. The molecule has 26 heteroatoms. The maximum atomic E-state index is 14.4. The lowest BCUT2D eigenvalue weighted by Crippen LogP contribution is -2.32. The molecule has 0 radical (unpaired) electrons. The molecule has 140 heavy (non-hydrogen) atoms. The van der Waals surface area contributed by atoms with Gasteiger partial charge in [-0.15, -0.1) is 0 Å². The van der Waals surface area contributed by atoms with E-state index in [0.29, 0.717) is 54.4 Å². The van der Waals surface area contributed by atoms with E-state index in [0.717, 1.165) is 180 Å². The lowest BCUT2D eigenvalue weighted by Gasteiger charge is -2.31. The second-order valence-corrected chi connectivity index (χ2v) is 41.2. The fourth-order valence-corrected chi connectivity index (χ4v) is 24.7. The van der Waals surface area contributed by atoms with Crippen molar-refractivity contribution in [3.05, 3.63) is 283 Å². The molecule has 5 unspecified atom stereocenters. The van der Waals surface area contributed by atoms with E-state index >= 15 is 0 Å². The Hall–Kier alpha value is -10.5. The first kappa shape index (κ1) is 107. The Kier molecular flexibility index (Phi) is 44.9. The van der Waals surface area contributed by atoms with Crippen molar-refractivity contribution in [2.24, 2.45) is 0 Å². The van der Waals surface area contributed by atoms with E-state index in [1.54, 1.807) is 83.2 Å². The van der Waals surface area contributed by atoms with Crippen LogP contribution in [0.2, 0.25) is 0 Å². The predicted octanol–water partition coefficient (Wildman–Crippen LogP) is 19.8. The molecule has 0 amide bonds. The summed E-state index contributed by atoms with van der Waals surface area (Å²) >= 11 is 0. The second kappa shape index (κ2) is 58.8. The van der Waals surface area contributed by atoms with Crippen molar-refractivity contribution >= 4 is 124 Å². The van der Waals surface area contributed by atoms with E-state index in [4.69, 9.17) is 71.1 Å². The minimum atomic E-state index is -0.183. The smallest absolute Gasteiger partial charge is 0.188 e. The molecule has 5 saturated heterocycles. The van der Waals surface area contributed by atoms with Crippen LogP contribution in [0.3, 0.4) is 0 Å². The molecular formula is C114H141FN5O15P5. The summed E-state index contributed by atoms with van der Waals surface area (Å²) in [7, 11) is 18.8. The van der Waals surface area contributed by atoms with Gasteiger partial charge >= 0.3 is 0 Å². The fourth-order valence-electron chi connectivity index (χ4n) is 18.0. The third kappa shape index (κ3) is 31.8. The lowest BCUT2D eigenvalue weighted by atomic mass is 9.98. The third-order valence-electron chi connectivity index (χ3n) is 24.8. The van der Waals surface area contributed by atoms with E-state index < -0.39 is 0 Å². The van der Waals surface area contributed by atoms with Gasteiger partial charge < -0.3 is 95.6 Å². The lowest BCUT2D eigenvalue weighted by molar-refractivity contribution is 0.0498. The largest absolute Gasteiger partial charge is 0.497 e. The van der Waals surface area contributed by atoms with Gasteiger partial charge in [0.15, 0.2) is 68.5 Å². The van der Waals surface area contributed by atoms with Crippen LogP contribution >= 0.6 is 42.9 Å². The number of hydrogen-bond donors (Lipinski definition) is 0. The molecule has 17 rings (SSSR count). The molecule has 5 aliphatic rings. The van der Waals surface area contributed by atoms with Crippen molar-refractivity contribution in [1.29, 1.82) is 0 Å². The van der Waals surface area contributed by atoms with Gasteiger partial charge in [-0.05, 0) is 210 Å². The number of rotatable bonds is 39. The average Bonchev–Trinajstić information content (AvgIpc) is 0.789. The third-order valence-corrected chi connectivity index (χ3v) is 31.5. The Morgan fingerprint density at radius 1 is 0.221 bits per heavy atom. The number of methoxy groups -OCH3 is 10. The number of benzene rings is 12. The Labute approximate surface area is 839 Å². The number of para-hydroxylation sites is 6. The van der Waals surface area contributed by atoms with Gasteiger partial charge in [-0.2, -0.15) is 0 Å². The van der Waals surface area contributed by atoms with Gasteiger partial charge in [-0.3, -0.25) is 0 Å². The molecule has 0 saturated carbocycles. The van der Waals surface area contributed by atoms with Gasteiger partial charge in [0, 0.05) is 195 Å². The topological polar surface area (TPSA) is 155 Å². The van der Waals surface area contributed by atoms with Crippen LogP contribution < -0.4 is 125 Å². The van der Waals surface area contributed by atoms with Crippen LogP contribution in [0.25, 0.3) is 0 Å². The molecule has 5 atom stereocenters. The SMILES string of the molecule is COCOc1c(Cc2ccccc2)cc(Cc2ccccc2)cc1Pc1ccc(F)cc1N1CCCCC1.COCOc1c(OC)cc(OC)cc1Pc1ccccc1N1CCCCC1.COCOc1c(OC)cccc1Pc1ccccc1N1CCCCC1.COCOc1c(OC)cccc1Pc1ccccc1N1CCCCC1.COCOc1ccc(OC)cc1Pc1ccccc1N1CCCCC1. The zero-order valence-corrected chi connectivity index (χ0v) is 88.1. The highest BCUT2D eigenvalue weighted by Gasteiger charge is 2.26. The van der Waals surface area contributed by atoms with E-state index in [-0.39, 0.29) is 39.8 Å². The Morgan fingerprint density at radius 2 is 0.550 bits per heavy atom. The molecule has 744 valence electrons. The zero-order chi connectivity index (χ0) is 97.7. The summed E-state index contributed by atoms with van der Waals surface area (Å²) in [5.41, 5.74) is 11.3. The molecule has 0 N–H and O–H groups in total. The van der Waals surface area contributed by atoms with Gasteiger partial charge in [0.05, 0.1) is 35.5 Å². The van der Waals surface area contributed by atoms with E-state index in [1.807, 2.05) is 60.7 Å². The van der Waals surface area contributed by atoms with Crippen molar-refractivity contribution < 1.29 is 75.4 Å². The number of nitrogens with zero attached hydrogens (tertiary/aromatic N) is 5. The van der Waals surface area contributed by atoms with Crippen molar-refractivity contribution in [1.82, 2.24) is 0 Å². The van der Waals surface area contributed by atoms with Gasteiger partial charge in [-0.1, -0.05) is 207 Å². The van der Waals surface area contributed by atoms with E-state index in [9.17, 15) is 4.39 Å². The summed E-state index contributed by atoms with van der Waals surface area (Å²) in [6.07, 6.45) is 20.7. The van der Waals surface area contributed by atoms with Crippen LogP contribution in [0.4, 0.5) is 32.8 Å². The average molecular weight is 2000 g/mol. The van der Waals surface area contributed by atoms with E-state index in [1.165, 1.54) is 144 Å². The van der Waals surface area contributed by atoms with Crippen LogP contribution in [0.5, 0.6) is 57.5 Å². The number of anilines is 5. The standard InChI is InChI=1S/C33H35FNO2P.C21H28NO4P.3C20H26NO3P/c1-36-24-37-33-28(20-26-13-7-3-8-14-26)21-27(19-25-11-5-2-6-12-25)22-32(33)38-31-16-15-29(34)23-30(31)35-17-9-4-10-18-35;1-23-15-26-21-18(25-3)13-16(24-2)14-20(21)27-19-10-6-5-9-17(19)22-11-7-4-8-12-22;2*1-22-15-24-20-17(23-2)10-8-12-19(20)25-18-11-5-4-9-16(18)21-13-6-3-7-14-21;1-22-15-24-18-11-10-16(23-2)14-20(18)25-19-9-5-4-8-17(19)21-12-6-3-7-13-21/h2-3,5-8,11-16,21-23,38H,4,9-10,17-20,24H2,1H3;5-6,9-10,13-14,27H,4,7-8,11-12,15H2,1-3H3;2*4-5,8-12,25H,3,6-7,13-15H2,1-2H3;4-5,8-11,14,25H,3,6-7,12-13,15H2,1-2H3. The molecule has 20 nitrogen and oxygen atoms in total. The quantitative estimate of drug-likeness (QED) is 0.0265. The maximum Gasteiger partial charge on any atom is 0.188 e. The van der Waals surface area contributed by atoms with Crippen LogP contribution in [0.1, 0.15) is 119 Å². The summed E-state index contributed by atoms with van der Waals surface area (Å²) in [5.74, 6) is 7.58. The maximum absolute atomic E-state index is 14.4. The Morgan fingerprint density at radius 3 is 0.950 bits per heavy atom. The highest BCUT2D eigenvalue weighted by molar-refractivity contribution is 7.57. The first-order valence-corrected chi connectivity index (χ1v) is 53.8. The van der Waals surface area contributed by atoms with Crippen molar-refractivity contribution in [2.75, 3.05) is 195 Å². The highest BCUT2D eigenvalue weighted by Crippen LogP contribution is 2.40. The van der Waals surface area contributed by atoms with Crippen LogP contribution in [-0.2, 0) is 36.5 Å². The fraction of sp³-hybridized carbons (Fsp3) is 0.368. The number of piperidine rings is 5. The first-order valence-electron chi connectivity index (χ1n) is 48.8. The summed E-state index contributed by atoms with van der Waals surface area (Å²) in [6.45, 7) is 12.1. The van der Waals surface area contributed by atoms with Gasteiger partial charge in [-0.25, -0.2) is 4.39 Å². The zero-order valence-electron chi connectivity index (χ0n) is 83.1. The second-order valence-electron chi connectivity index (χ2n) is 34.5. The predicted molar refractivity (Wildman–Crippen MR) is 586 cm³/mol. The van der Waals surface area contributed by atoms with Crippen molar-refractivity contribution in [3.63, 3.8) is 0 Å². The summed E-state index contributed by atoms with van der Waals surface area (Å²) < 4.78 is 97.0. The Bertz CT molecular complexity index is 5510.